The van der Waals surface area contributed by atoms with Gasteiger partial charge in [-0.1, -0.05) is 24.3 Å². The van der Waals surface area contributed by atoms with Crippen LogP contribution in [0.2, 0.25) is 0 Å². The highest BCUT2D eigenvalue weighted by Crippen LogP contribution is 2.35. The number of hydrogen-bond donors (Lipinski definition) is 2. The van der Waals surface area contributed by atoms with Gasteiger partial charge in [0.25, 0.3) is 5.91 Å². The topological polar surface area (TPSA) is 86.7 Å². The molecule has 2 amide bonds. The van der Waals surface area contributed by atoms with Crippen LogP contribution in [-0.4, -0.2) is 34.3 Å². The predicted octanol–water partition coefficient (Wildman–Crippen LogP) is 1.65. The van der Waals surface area contributed by atoms with Crippen molar-refractivity contribution < 1.29 is 19.5 Å². The van der Waals surface area contributed by atoms with E-state index in [9.17, 15) is 14.4 Å². The number of carbonyl (C=O) groups is 3. The molecule has 6 nitrogen and oxygen atoms in total. The first-order valence-corrected chi connectivity index (χ1v) is 7.87. The lowest BCUT2D eigenvalue weighted by Crippen LogP contribution is -2.40. The van der Waals surface area contributed by atoms with Gasteiger partial charge in [-0.05, 0) is 23.1 Å². The average Bonchev–Trinajstić information content (AvgIpc) is 3.13. The Bertz CT molecular complexity index is 757. The van der Waals surface area contributed by atoms with E-state index < -0.39 is 24.5 Å². The maximum Gasteiger partial charge on any atom is 0.322 e. The molecule has 0 bridgehead atoms. The van der Waals surface area contributed by atoms with Gasteiger partial charge in [-0.15, -0.1) is 11.3 Å². The maximum absolute atomic E-state index is 12.6. The van der Waals surface area contributed by atoms with E-state index in [4.69, 9.17) is 5.11 Å². The Balaban J connectivity index is 1.91. The van der Waals surface area contributed by atoms with E-state index in [2.05, 4.69) is 5.32 Å². The van der Waals surface area contributed by atoms with Gasteiger partial charge >= 0.3 is 5.97 Å². The van der Waals surface area contributed by atoms with Crippen molar-refractivity contribution in [1.82, 2.24) is 10.2 Å². The number of benzene rings is 1. The van der Waals surface area contributed by atoms with Crippen LogP contribution in [0.3, 0.4) is 0 Å². The molecule has 1 unspecified atom stereocenters. The number of hydrogen-bond acceptors (Lipinski definition) is 4. The summed E-state index contributed by atoms with van der Waals surface area (Å²) in [5.74, 6) is -1.83. The summed E-state index contributed by atoms with van der Waals surface area (Å²) in [5.41, 5.74) is 1.09. The van der Waals surface area contributed by atoms with Crippen molar-refractivity contribution in [2.24, 2.45) is 0 Å². The Morgan fingerprint density at radius 2 is 2.00 bits per heavy atom. The summed E-state index contributed by atoms with van der Waals surface area (Å²) in [7, 11) is 0. The van der Waals surface area contributed by atoms with E-state index in [0.29, 0.717) is 17.7 Å². The minimum Gasteiger partial charge on any atom is -0.480 e. The van der Waals surface area contributed by atoms with Crippen molar-refractivity contribution in [3.05, 3.63) is 57.8 Å². The van der Waals surface area contributed by atoms with Gasteiger partial charge in [0.1, 0.15) is 12.6 Å². The second kappa shape index (κ2) is 6.21. The molecular weight excluding hydrogens is 316 g/mol. The van der Waals surface area contributed by atoms with Crippen LogP contribution < -0.4 is 5.32 Å². The van der Waals surface area contributed by atoms with Crippen molar-refractivity contribution in [2.45, 2.75) is 12.6 Å². The van der Waals surface area contributed by atoms with Crippen LogP contribution in [0.4, 0.5) is 0 Å². The molecule has 1 aromatic heterocycles. The van der Waals surface area contributed by atoms with Crippen LogP contribution in [0.5, 0.6) is 0 Å². The van der Waals surface area contributed by atoms with Crippen LogP contribution in [-0.2, 0) is 16.1 Å². The molecule has 7 heteroatoms. The quantitative estimate of drug-likeness (QED) is 0.873. The molecular formula is C16H14N2O4S. The van der Waals surface area contributed by atoms with E-state index >= 15 is 0 Å². The minimum atomic E-state index is -1.12. The van der Waals surface area contributed by atoms with Gasteiger partial charge < -0.3 is 15.3 Å². The molecule has 0 saturated heterocycles. The van der Waals surface area contributed by atoms with Crippen LogP contribution in [0.25, 0.3) is 0 Å². The zero-order chi connectivity index (χ0) is 16.4. The van der Waals surface area contributed by atoms with Gasteiger partial charge in [0.15, 0.2) is 0 Å². The van der Waals surface area contributed by atoms with Gasteiger partial charge in [0.2, 0.25) is 5.91 Å². The number of nitrogens with one attached hydrogen (secondary N) is 1. The molecule has 0 saturated carbocycles. The molecule has 0 radical (unpaired) electrons. The Kier molecular flexibility index (Phi) is 4.12. The van der Waals surface area contributed by atoms with Crippen molar-refractivity contribution in [2.75, 3.05) is 6.54 Å². The predicted molar refractivity (Wildman–Crippen MR) is 84.0 cm³/mol. The van der Waals surface area contributed by atoms with E-state index in [-0.39, 0.29) is 5.91 Å². The van der Waals surface area contributed by atoms with Crippen LogP contribution >= 0.6 is 11.3 Å². The van der Waals surface area contributed by atoms with Crippen molar-refractivity contribution in [1.29, 1.82) is 0 Å². The third-order valence-corrected chi connectivity index (χ3v) is 4.49. The second-order valence-corrected chi connectivity index (χ2v) is 6.15. The van der Waals surface area contributed by atoms with Crippen molar-refractivity contribution in [3.8, 4) is 0 Å². The number of carbonyl (C=O) groups excluding carboxylic acids is 2. The maximum atomic E-state index is 12.6. The summed E-state index contributed by atoms with van der Waals surface area (Å²) in [6.45, 7) is -0.158. The van der Waals surface area contributed by atoms with E-state index in [0.717, 1.165) is 4.88 Å². The summed E-state index contributed by atoms with van der Waals surface area (Å²) in [5, 5.41) is 13.0. The molecule has 1 aromatic carbocycles. The molecule has 3 rings (SSSR count). The summed E-state index contributed by atoms with van der Waals surface area (Å²) >= 11 is 1.50. The van der Waals surface area contributed by atoms with Crippen LogP contribution in [0.1, 0.15) is 26.8 Å². The molecule has 1 atom stereocenters. The molecule has 0 spiro atoms. The first-order chi connectivity index (χ1) is 11.1. The molecule has 0 aliphatic carbocycles. The number of carboxylic acid groups (broad SMARTS) is 1. The monoisotopic (exact) mass is 330 g/mol. The number of fused-ring (bicyclic) bond motifs is 1. The average molecular weight is 330 g/mol. The zero-order valence-electron chi connectivity index (χ0n) is 12.1. The lowest BCUT2D eigenvalue weighted by molar-refractivity contribution is -0.138. The van der Waals surface area contributed by atoms with Gasteiger partial charge in [-0.3, -0.25) is 14.4 Å². The molecule has 0 fully saturated rings. The number of amides is 2. The zero-order valence-corrected chi connectivity index (χ0v) is 12.9. The largest absolute Gasteiger partial charge is 0.480 e. The molecule has 118 valence electrons. The van der Waals surface area contributed by atoms with Crippen molar-refractivity contribution >= 4 is 29.1 Å². The SMILES string of the molecule is O=C(O)CNC(=O)C1c2ccccc2C(=O)N1Cc1cccs1. The number of nitrogens with zero attached hydrogens (tertiary/aromatic N) is 1. The fourth-order valence-electron chi connectivity index (χ4n) is 2.65. The molecule has 1 aliphatic heterocycles. The van der Waals surface area contributed by atoms with Crippen molar-refractivity contribution in [3.63, 3.8) is 0 Å². The molecule has 2 N–H and O–H groups in total. The Morgan fingerprint density at radius 3 is 2.70 bits per heavy atom. The van der Waals surface area contributed by atoms with E-state index in [1.54, 1.807) is 24.3 Å². The smallest absolute Gasteiger partial charge is 0.322 e. The van der Waals surface area contributed by atoms with Gasteiger partial charge in [-0.2, -0.15) is 0 Å². The number of rotatable bonds is 5. The molecule has 23 heavy (non-hydrogen) atoms. The number of aliphatic carboxylic acids is 1. The third-order valence-electron chi connectivity index (χ3n) is 3.63. The first kappa shape index (κ1) is 15.2. The fraction of sp³-hybridized carbons (Fsp3) is 0.188. The summed E-state index contributed by atoms with van der Waals surface area (Å²) < 4.78 is 0. The number of carboxylic acids is 1. The van der Waals surface area contributed by atoms with Gasteiger partial charge in [0.05, 0.1) is 6.54 Å². The summed E-state index contributed by atoms with van der Waals surface area (Å²) in [4.78, 5) is 38.2. The van der Waals surface area contributed by atoms with E-state index in [1.807, 2.05) is 17.5 Å². The summed E-state index contributed by atoms with van der Waals surface area (Å²) in [6, 6.07) is 9.90. The van der Waals surface area contributed by atoms with Gasteiger partial charge in [-0.25, -0.2) is 0 Å². The van der Waals surface area contributed by atoms with Gasteiger partial charge in [0, 0.05) is 10.4 Å². The highest BCUT2D eigenvalue weighted by molar-refractivity contribution is 7.09. The summed E-state index contributed by atoms with van der Waals surface area (Å²) in [6.07, 6.45) is 0. The highest BCUT2D eigenvalue weighted by Gasteiger charge is 2.40. The third kappa shape index (κ3) is 2.95. The Morgan fingerprint density at radius 1 is 1.22 bits per heavy atom. The molecule has 2 heterocycles. The fourth-order valence-corrected chi connectivity index (χ4v) is 3.35. The minimum absolute atomic E-state index is 0.218. The van der Waals surface area contributed by atoms with Crippen LogP contribution in [0.15, 0.2) is 41.8 Å². The first-order valence-electron chi connectivity index (χ1n) is 6.99. The lowest BCUT2D eigenvalue weighted by Gasteiger charge is -2.23. The van der Waals surface area contributed by atoms with Crippen LogP contribution in [0, 0.1) is 0 Å². The van der Waals surface area contributed by atoms with E-state index in [1.165, 1.54) is 16.2 Å². The standard InChI is InChI=1S/C16H14N2O4S/c19-13(20)8-17-15(21)14-11-5-1-2-6-12(11)16(22)18(14)9-10-4-3-7-23-10/h1-7,14H,8-9H2,(H,17,21)(H,19,20). The lowest BCUT2D eigenvalue weighted by atomic mass is 10.0. The number of thiophene rings is 1. The Labute approximate surface area is 136 Å². The molecule has 2 aromatic rings. The Hall–Kier alpha value is -2.67. The normalized spacial score (nSPS) is 16.3. The second-order valence-electron chi connectivity index (χ2n) is 5.11. The molecule has 1 aliphatic rings. The highest BCUT2D eigenvalue weighted by atomic mass is 32.1.